The number of benzene rings is 2. The van der Waals surface area contributed by atoms with Crippen molar-refractivity contribution in [2.45, 2.75) is 45.6 Å². The number of rotatable bonds is 7. The second-order valence-corrected chi connectivity index (χ2v) is 9.53. The van der Waals surface area contributed by atoms with E-state index in [-0.39, 0.29) is 17.2 Å². The first-order chi connectivity index (χ1) is 14.7. The Labute approximate surface area is 187 Å². The summed E-state index contributed by atoms with van der Waals surface area (Å²) in [5, 5.41) is 5.78. The number of anilines is 1. The van der Waals surface area contributed by atoms with Crippen molar-refractivity contribution in [1.29, 1.82) is 0 Å². The first kappa shape index (κ1) is 22.9. The Balaban J connectivity index is 1.72. The highest BCUT2D eigenvalue weighted by Crippen LogP contribution is 2.22. The molecule has 2 amide bonds. The maximum Gasteiger partial charge on any atom is 0.251 e. The maximum absolute atomic E-state index is 12.9. The summed E-state index contributed by atoms with van der Waals surface area (Å²) in [5.74, 6) is 0.807. The highest BCUT2D eigenvalue weighted by Gasteiger charge is 2.22. The van der Waals surface area contributed by atoms with E-state index in [1.165, 1.54) is 0 Å². The molecule has 0 spiro atoms. The SMILES string of the molecule is CSCCC(NC(=O)c1ccc(C(C)(C)C)cc1)C(=O)Nc1ccc2oc(C)nc2c1. The molecule has 1 aromatic heterocycles. The maximum atomic E-state index is 12.9. The molecule has 3 aromatic rings. The van der Waals surface area contributed by atoms with Crippen LogP contribution in [-0.2, 0) is 10.2 Å². The lowest BCUT2D eigenvalue weighted by atomic mass is 9.86. The van der Waals surface area contributed by atoms with Gasteiger partial charge in [-0.1, -0.05) is 32.9 Å². The van der Waals surface area contributed by atoms with E-state index < -0.39 is 6.04 Å². The minimum atomic E-state index is -0.642. The molecule has 6 nitrogen and oxygen atoms in total. The summed E-state index contributed by atoms with van der Waals surface area (Å²) in [4.78, 5) is 30.0. The van der Waals surface area contributed by atoms with E-state index in [0.717, 1.165) is 11.3 Å². The smallest absolute Gasteiger partial charge is 0.251 e. The van der Waals surface area contributed by atoms with Gasteiger partial charge in [0.1, 0.15) is 11.6 Å². The second kappa shape index (κ2) is 9.56. The van der Waals surface area contributed by atoms with Crippen molar-refractivity contribution in [3.63, 3.8) is 0 Å². The molecule has 0 aliphatic carbocycles. The summed E-state index contributed by atoms with van der Waals surface area (Å²) in [5.41, 5.74) is 3.66. The third-order valence-corrected chi connectivity index (χ3v) is 5.65. The van der Waals surface area contributed by atoms with Crippen LogP contribution in [0.3, 0.4) is 0 Å². The van der Waals surface area contributed by atoms with Crippen molar-refractivity contribution in [3.05, 3.63) is 59.5 Å². The van der Waals surface area contributed by atoms with Gasteiger partial charge in [0.25, 0.3) is 5.91 Å². The van der Waals surface area contributed by atoms with Crippen LogP contribution in [-0.4, -0.2) is 34.8 Å². The number of hydrogen-bond donors (Lipinski definition) is 2. The molecule has 1 heterocycles. The van der Waals surface area contributed by atoms with Gasteiger partial charge >= 0.3 is 0 Å². The van der Waals surface area contributed by atoms with Crippen molar-refractivity contribution in [2.24, 2.45) is 0 Å². The predicted octanol–water partition coefficient (Wildman–Crippen LogP) is 4.92. The number of aromatic nitrogens is 1. The number of fused-ring (bicyclic) bond motifs is 1. The summed E-state index contributed by atoms with van der Waals surface area (Å²) < 4.78 is 5.48. The van der Waals surface area contributed by atoms with Crippen molar-refractivity contribution in [1.82, 2.24) is 10.3 Å². The number of nitrogens with one attached hydrogen (secondary N) is 2. The fraction of sp³-hybridized carbons (Fsp3) is 0.375. The normalized spacial score (nSPS) is 12.5. The zero-order valence-corrected chi connectivity index (χ0v) is 19.4. The number of nitrogens with zero attached hydrogens (tertiary/aromatic N) is 1. The minimum Gasteiger partial charge on any atom is -0.441 e. The largest absolute Gasteiger partial charge is 0.441 e. The number of thioether (sulfide) groups is 1. The summed E-state index contributed by atoms with van der Waals surface area (Å²) >= 11 is 1.63. The average molecular weight is 440 g/mol. The zero-order chi connectivity index (χ0) is 22.6. The van der Waals surface area contributed by atoms with E-state index in [1.54, 1.807) is 49.0 Å². The van der Waals surface area contributed by atoms with Gasteiger partial charge in [-0.25, -0.2) is 4.98 Å². The number of oxazole rings is 1. The average Bonchev–Trinajstić information content (AvgIpc) is 3.09. The Kier molecular flexibility index (Phi) is 7.05. The fourth-order valence-electron chi connectivity index (χ4n) is 3.22. The summed E-state index contributed by atoms with van der Waals surface area (Å²) in [6.07, 6.45) is 2.51. The van der Waals surface area contributed by atoms with Crippen LogP contribution in [0.1, 0.15) is 49.0 Å². The number of carbonyl (C=O) groups excluding carboxylic acids is 2. The zero-order valence-electron chi connectivity index (χ0n) is 18.6. The Morgan fingerprint density at radius 1 is 1.13 bits per heavy atom. The summed E-state index contributed by atoms with van der Waals surface area (Å²) in [7, 11) is 0. The van der Waals surface area contributed by atoms with Gasteiger partial charge in [0.15, 0.2) is 11.5 Å². The number of hydrogen-bond acceptors (Lipinski definition) is 5. The highest BCUT2D eigenvalue weighted by atomic mass is 32.2. The third kappa shape index (κ3) is 5.88. The molecule has 164 valence electrons. The van der Waals surface area contributed by atoms with Crippen LogP contribution in [0.4, 0.5) is 5.69 Å². The van der Waals surface area contributed by atoms with E-state index in [9.17, 15) is 9.59 Å². The van der Waals surface area contributed by atoms with Crippen molar-refractivity contribution in [2.75, 3.05) is 17.3 Å². The standard InChI is InChI=1S/C24H29N3O3S/c1-15-25-20-14-18(10-11-21(20)30-15)26-23(29)19(12-13-31-5)27-22(28)16-6-8-17(9-7-16)24(2,3)4/h6-11,14,19H,12-13H2,1-5H3,(H,26,29)(H,27,28). The molecule has 0 aliphatic rings. The van der Waals surface area contributed by atoms with Gasteiger partial charge in [-0.2, -0.15) is 11.8 Å². The van der Waals surface area contributed by atoms with E-state index >= 15 is 0 Å². The van der Waals surface area contributed by atoms with Crippen LogP contribution < -0.4 is 10.6 Å². The van der Waals surface area contributed by atoms with Crippen LogP contribution in [0, 0.1) is 6.92 Å². The van der Waals surface area contributed by atoms with Crippen molar-refractivity contribution >= 4 is 40.4 Å². The first-order valence-corrected chi connectivity index (χ1v) is 11.6. The summed E-state index contributed by atoms with van der Waals surface area (Å²) in [6.45, 7) is 8.16. The molecule has 31 heavy (non-hydrogen) atoms. The van der Waals surface area contributed by atoms with Gasteiger partial charge in [0.2, 0.25) is 5.91 Å². The van der Waals surface area contributed by atoms with Crippen LogP contribution >= 0.6 is 11.8 Å². The van der Waals surface area contributed by atoms with Crippen LogP contribution in [0.5, 0.6) is 0 Å². The van der Waals surface area contributed by atoms with E-state index in [2.05, 4.69) is 36.4 Å². The molecule has 0 saturated carbocycles. The van der Waals surface area contributed by atoms with Gasteiger partial charge in [0.05, 0.1) is 0 Å². The molecule has 0 aliphatic heterocycles. The molecular weight excluding hydrogens is 410 g/mol. The molecule has 2 aromatic carbocycles. The van der Waals surface area contributed by atoms with Gasteiger partial charge in [-0.15, -0.1) is 0 Å². The molecule has 0 bridgehead atoms. The van der Waals surface area contributed by atoms with Gasteiger partial charge in [0, 0.05) is 18.2 Å². The Bertz CT molecular complexity index is 1070. The Morgan fingerprint density at radius 3 is 2.48 bits per heavy atom. The van der Waals surface area contributed by atoms with E-state index in [1.807, 2.05) is 18.4 Å². The highest BCUT2D eigenvalue weighted by molar-refractivity contribution is 7.98. The van der Waals surface area contributed by atoms with Crippen LogP contribution in [0.25, 0.3) is 11.1 Å². The lowest BCUT2D eigenvalue weighted by molar-refractivity contribution is -0.118. The number of carbonyl (C=O) groups is 2. The fourth-order valence-corrected chi connectivity index (χ4v) is 3.69. The van der Waals surface area contributed by atoms with E-state index in [4.69, 9.17) is 4.42 Å². The lowest BCUT2D eigenvalue weighted by Crippen LogP contribution is -2.44. The first-order valence-electron chi connectivity index (χ1n) is 10.3. The number of amides is 2. The topological polar surface area (TPSA) is 84.2 Å². The van der Waals surface area contributed by atoms with Crippen molar-refractivity contribution < 1.29 is 14.0 Å². The van der Waals surface area contributed by atoms with E-state index in [0.29, 0.717) is 34.7 Å². The molecule has 2 N–H and O–H groups in total. The Morgan fingerprint density at radius 2 is 1.84 bits per heavy atom. The van der Waals surface area contributed by atoms with Gasteiger partial charge in [-0.05, 0) is 59.7 Å². The van der Waals surface area contributed by atoms with Gasteiger partial charge < -0.3 is 15.1 Å². The Hall–Kier alpha value is -2.80. The third-order valence-electron chi connectivity index (χ3n) is 5.01. The van der Waals surface area contributed by atoms with Crippen LogP contribution in [0.2, 0.25) is 0 Å². The molecule has 1 atom stereocenters. The second-order valence-electron chi connectivity index (χ2n) is 8.54. The molecule has 0 saturated heterocycles. The lowest BCUT2D eigenvalue weighted by Gasteiger charge is -2.20. The molecule has 7 heteroatoms. The van der Waals surface area contributed by atoms with Crippen LogP contribution in [0.15, 0.2) is 46.9 Å². The molecule has 1 unspecified atom stereocenters. The molecule has 0 radical (unpaired) electrons. The number of aryl methyl sites for hydroxylation is 1. The predicted molar refractivity (Wildman–Crippen MR) is 127 cm³/mol. The molecule has 3 rings (SSSR count). The minimum absolute atomic E-state index is 0.0132. The quantitative estimate of drug-likeness (QED) is 0.546. The van der Waals surface area contributed by atoms with Crippen molar-refractivity contribution in [3.8, 4) is 0 Å². The molecule has 0 fully saturated rings. The monoisotopic (exact) mass is 439 g/mol. The van der Waals surface area contributed by atoms with Gasteiger partial charge in [-0.3, -0.25) is 9.59 Å². The summed E-state index contributed by atoms with van der Waals surface area (Å²) in [6, 6.07) is 12.2. The molecular formula is C24H29N3O3S.